The minimum absolute atomic E-state index is 0.00876. The molecule has 2 aliphatic rings. The molecule has 1 saturated carbocycles. The molecule has 2 aromatic rings. The number of carbonyl (C=O) groups excluding carboxylic acids is 1. The van der Waals surface area contributed by atoms with Crippen LogP contribution in [-0.2, 0) is 4.79 Å². The van der Waals surface area contributed by atoms with Crippen molar-refractivity contribution < 1.29 is 9.53 Å². The maximum absolute atomic E-state index is 13.5. The first-order valence-electron chi connectivity index (χ1n) is 10.4. The van der Waals surface area contributed by atoms with E-state index in [1.165, 1.54) is 18.2 Å². The van der Waals surface area contributed by atoms with Gasteiger partial charge in [0.25, 0.3) is 5.91 Å². The minimum Gasteiger partial charge on any atom is -0.480 e. The summed E-state index contributed by atoms with van der Waals surface area (Å²) in [5, 5.41) is 0.746. The van der Waals surface area contributed by atoms with Crippen LogP contribution in [0.3, 0.4) is 0 Å². The number of nitrogens with zero attached hydrogens (tertiary/aromatic N) is 2. The van der Waals surface area contributed by atoms with Crippen LogP contribution in [0, 0.1) is 12.3 Å². The van der Waals surface area contributed by atoms with E-state index in [0.29, 0.717) is 10.7 Å². The van der Waals surface area contributed by atoms with Crippen molar-refractivity contribution in [1.29, 1.82) is 0 Å². The number of terminal acetylenes is 1. The third kappa shape index (κ3) is 5.23. The Morgan fingerprint density at radius 1 is 1.19 bits per heavy atom. The van der Waals surface area contributed by atoms with Gasteiger partial charge in [-0.15, -0.1) is 6.42 Å². The zero-order chi connectivity index (χ0) is 21.6. The Morgan fingerprint density at radius 3 is 2.71 bits per heavy atom. The number of hydrogen-bond acceptors (Lipinski definition) is 4. The molecule has 0 spiro atoms. The third-order valence-corrected chi connectivity index (χ3v) is 6.80. The van der Waals surface area contributed by atoms with Gasteiger partial charge in [0.05, 0.1) is 10.6 Å². The molecule has 6 heteroatoms. The smallest absolute Gasteiger partial charge is 0.267 e. The van der Waals surface area contributed by atoms with Gasteiger partial charge in [0.2, 0.25) is 0 Å². The minimum atomic E-state index is 0.00876. The maximum atomic E-state index is 13.5. The lowest BCUT2D eigenvalue weighted by Gasteiger charge is -2.30. The molecule has 1 saturated heterocycles. The highest BCUT2D eigenvalue weighted by Crippen LogP contribution is 2.39. The predicted molar refractivity (Wildman–Crippen MR) is 131 cm³/mol. The molecule has 0 unspecified atom stereocenters. The number of hydrogen-bond donors (Lipinski definition) is 0. The van der Waals surface area contributed by atoms with Crippen molar-refractivity contribution in [3.63, 3.8) is 0 Å². The number of ether oxygens (including phenoxy) is 1. The summed E-state index contributed by atoms with van der Waals surface area (Å²) >= 11 is 4.93. The Balaban J connectivity index is 1.71. The fourth-order valence-electron chi connectivity index (χ4n) is 3.86. The molecule has 4 nitrogen and oxygen atoms in total. The fraction of sp³-hybridized carbons (Fsp3) is 0.280. The molecule has 1 heterocycles. The normalized spacial score (nSPS) is 19.7. The van der Waals surface area contributed by atoms with E-state index in [2.05, 4.69) is 21.9 Å². The van der Waals surface area contributed by atoms with E-state index in [9.17, 15) is 4.79 Å². The molecular formula is C25H23BrN2O2S. The van der Waals surface area contributed by atoms with E-state index < -0.39 is 0 Å². The van der Waals surface area contributed by atoms with Gasteiger partial charge in [-0.05, 0) is 61.0 Å². The summed E-state index contributed by atoms with van der Waals surface area (Å²) in [4.78, 5) is 20.9. The highest BCUT2D eigenvalue weighted by molar-refractivity contribution is 9.10. The molecule has 0 bridgehead atoms. The van der Waals surface area contributed by atoms with Crippen LogP contribution in [0.4, 0.5) is 5.69 Å². The summed E-state index contributed by atoms with van der Waals surface area (Å²) in [6, 6.07) is 15.7. The molecule has 1 amide bonds. The van der Waals surface area contributed by atoms with Crippen molar-refractivity contribution in [3.8, 4) is 18.1 Å². The van der Waals surface area contributed by atoms with E-state index in [4.69, 9.17) is 16.2 Å². The molecule has 2 aromatic carbocycles. The SMILES string of the molecule is C#CCOc1ccc(Br)cc1/C=C1\SC(=Nc2ccccc2)N(C2CCCCC2)C1=O. The molecular weight excluding hydrogens is 472 g/mol. The molecule has 1 aliphatic heterocycles. The summed E-state index contributed by atoms with van der Waals surface area (Å²) < 4.78 is 6.59. The summed E-state index contributed by atoms with van der Waals surface area (Å²) in [7, 11) is 0. The number of amides is 1. The molecule has 4 rings (SSSR count). The number of aliphatic imine (C=N–C) groups is 1. The first kappa shape index (κ1) is 21.7. The van der Waals surface area contributed by atoms with Crippen LogP contribution in [0.15, 0.2) is 62.9 Å². The monoisotopic (exact) mass is 494 g/mol. The zero-order valence-electron chi connectivity index (χ0n) is 17.1. The van der Waals surface area contributed by atoms with Gasteiger partial charge in [-0.1, -0.05) is 59.3 Å². The predicted octanol–water partition coefficient (Wildman–Crippen LogP) is 6.40. The second kappa shape index (κ2) is 10.2. The van der Waals surface area contributed by atoms with E-state index in [1.807, 2.05) is 59.5 Å². The second-order valence-corrected chi connectivity index (χ2v) is 9.41. The Labute approximate surface area is 195 Å². The van der Waals surface area contributed by atoms with Crippen molar-refractivity contribution >= 4 is 50.5 Å². The summed E-state index contributed by atoms with van der Waals surface area (Å²) in [6.07, 6.45) is 12.8. The van der Waals surface area contributed by atoms with Gasteiger partial charge >= 0.3 is 0 Å². The van der Waals surface area contributed by atoms with Crippen LogP contribution in [0.5, 0.6) is 5.75 Å². The number of thioether (sulfide) groups is 1. The standard InChI is InChI=1S/C25H23BrN2O2S/c1-2-15-30-22-14-13-19(26)16-18(22)17-23-24(29)28(21-11-7-4-8-12-21)25(31-23)27-20-9-5-3-6-10-20/h1,3,5-6,9-10,13-14,16-17,21H,4,7-8,11-12,15H2/b23-17-,27-25?. The molecule has 31 heavy (non-hydrogen) atoms. The van der Waals surface area contributed by atoms with Crippen molar-refractivity contribution in [2.45, 2.75) is 38.1 Å². The zero-order valence-corrected chi connectivity index (χ0v) is 19.5. The third-order valence-electron chi connectivity index (χ3n) is 5.33. The molecule has 158 valence electrons. The van der Waals surface area contributed by atoms with Gasteiger partial charge in [-0.3, -0.25) is 9.69 Å². The second-order valence-electron chi connectivity index (χ2n) is 7.48. The van der Waals surface area contributed by atoms with Crippen LogP contribution < -0.4 is 4.74 Å². The summed E-state index contributed by atoms with van der Waals surface area (Å²) in [5.74, 6) is 3.15. The first-order valence-corrected chi connectivity index (χ1v) is 12.0. The fourth-order valence-corrected chi connectivity index (χ4v) is 5.29. The van der Waals surface area contributed by atoms with Gasteiger partial charge in [-0.2, -0.15) is 0 Å². The van der Waals surface area contributed by atoms with Gasteiger partial charge in [0, 0.05) is 16.1 Å². The van der Waals surface area contributed by atoms with Gasteiger partial charge in [0.1, 0.15) is 12.4 Å². The molecule has 1 aliphatic carbocycles. The van der Waals surface area contributed by atoms with Crippen molar-refractivity contribution in [2.75, 3.05) is 6.61 Å². The lowest BCUT2D eigenvalue weighted by Crippen LogP contribution is -2.40. The summed E-state index contributed by atoms with van der Waals surface area (Å²) in [5.41, 5.74) is 1.66. The molecule has 2 fully saturated rings. The van der Waals surface area contributed by atoms with Crippen molar-refractivity contribution in [1.82, 2.24) is 4.90 Å². The highest BCUT2D eigenvalue weighted by atomic mass is 79.9. The van der Waals surface area contributed by atoms with E-state index in [1.54, 1.807) is 0 Å². The number of carbonyl (C=O) groups is 1. The van der Waals surface area contributed by atoms with Crippen molar-refractivity contribution in [3.05, 3.63) is 63.5 Å². The highest BCUT2D eigenvalue weighted by Gasteiger charge is 2.38. The molecule has 0 N–H and O–H groups in total. The van der Waals surface area contributed by atoms with Crippen molar-refractivity contribution in [2.24, 2.45) is 4.99 Å². The molecule has 0 atom stereocenters. The van der Waals surface area contributed by atoms with Gasteiger partial charge < -0.3 is 4.74 Å². The van der Waals surface area contributed by atoms with E-state index in [-0.39, 0.29) is 18.6 Å². The number of halogens is 1. The summed E-state index contributed by atoms with van der Waals surface area (Å²) in [6.45, 7) is 0.174. The van der Waals surface area contributed by atoms with Crippen LogP contribution >= 0.6 is 27.7 Å². The van der Waals surface area contributed by atoms with Crippen LogP contribution in [0.25, 0.3) is 6.08 Å². The number of para-hydroxylation sites is 1. The largest absolute Gasteiger partial charge is 0.480 e. The number of rotatable bonds is 5. The van der Waals surface area contributed by atoms with Gasteiger partial charge in [-0.25, -0.2) is 4.99 Å². The Hall–Kier alpha value is -2.49. The molecule has 0 radical (unpaired) electrons. The van der Waals surface area contributed by atoms with Crippen LogP contribution in [0.2, 0.25) is 0 Å². The Bertz CT molecular complexity index is 1050. The topological polar surface area (TPSA) is 41.9 Å². The van der Waals surface area contributed by atoms with Crippen LogP contribution in [-0.4, -0.2) is 28.6 Å². The molecule has 0 aromatic heterocycles. The van der Waals surface area contributed by atoms with E-state index >= 15 is 0 Å². The Kier molecular flexibility index (Phi) is 7.16. The van der Waals surface area contributed by atoms with E-state index in [0.717, 1.165) is 46.6 Å². The maximum Gasteiger partial charge on any atom is 0.267 e. The average molecular weight is 495 g/mol. The van der Waals surface area contributed by atoms with Crippen LogP contribution in [0.1, 0.15) is 37.7 Å². The number of benzene rings is 2. The lowest BCUT2D eigenvalue weighted by molar-refractivity contribution is -0.124. The first-order chi connectivity index (χ1) is 15.2. The average Bonchev–Trinajstić information content (AvgIpc) is 3.09. The van der Waals surface area contributed by atoms with Gasteiger partial charge in [0.15, 0.2) is 5.17 Å². The number of amidine groups is 1. The lowest BCUT2D eigenvalue weighted by atomic mass is 9.94. The Morgan fingerprint density at radius 2 is 1.97 bits per heavy atom. The quantitative estimate of drug-likeness (QED) is 0.356.